The van der Waals surface area contributed by atoms with Gasteiger partial charge in [0.25, 0.3) is 0 Å². The summed E-state index contributed by atoms with van der Waals surface area (Å²) < 4.78 is 0. The Labute approximate surface area is 138 Å². The van der Waals surface area contributed by atoms with Crippen LogP contribution < -0.4 is 10.6 Å². The van der Waals surface area contributed by atoms with Crippen molar-refractivity contribution in [1.82, 2.24) is 10.2 Å². The lowest BCUT2D eigenvalue weighted by atomic mass is 9.97. The molecule has 1 aliphatic heterocycles. The fourth-order valence-corrected chi connectivity index (χ4v) is 2.82. The van der Waals surface area contributed by atoms with Crippen LogP contribution in [-0.4, -0.2) is 36.5 Å². The van der Waals surface area contributed by atoms with Crippen LogP contribution in [0.3, 0.4) is 0 Å². The van der Waals surface area contributed by atoms with Gasteiger partial charge in [-0.15, -0.1) is 0 Å². The van der Waals surface area contributed by atoms with E-state index in [0.717, 1.165) is 44.3 Å². The van der Waals surface area contributed by atoms with Gasteiger partial charge in [0, 0.05) is 25.3 Å². The van der Waals surface area contributed by atoms with Crippen LogP contribution in [0, 0.1) is 5.92 Å². The van der Waals surface area contributed by atoms with Crippen LogP contribution in [0.1, 0.15) is 39.0 Å². The molecule has 0 aromatic heterocycles. The number of carbonyl (C=O) groups excluding carboxylic acids is 2. The van der Waals surface area contributed by atoms with Crippen molar-refractivity contribution in [2.45, 2.75) is 39.0 Å². The Morgan fingerprint density at radius 1 is 1.22 bits per heavy atom. The molecule has 0 bridgehead atoms. The largest absolute Gasteiger partial charge is 0.338 e. The summed E-state index contributed by atoms with van der Waals surface area (Å²) >= 11 is 0. The number of unbranched alkanes of at least 4 members (excludes halogenated alkanes) is 2. The molecule has 126 valence electrons. The first kappa shape index (κ1) is 17.3. The van der Waals surface area contributed by atoms with E-state index >= 15 is 0 Å². The molecule has 5 nitrogen and oxygen atoms in total. The number of anilines is 1. The summed E-state index contributed by atoms with van der Waals surface area (Å²) in [6.07, 6.45) is 4.98. The number of likely N-dealkylation sites (tertiary alicyclic amines) is 1. The van der Waals surface area contributed by atoms with Crippen molar-refractivity contribution < 1.29 is 9.59 Å². The van der Waals surface area contributed by atoms with E-state index in [1.807, 2.05) is 30.3 Å². The lowest BCUT2D eigenvalue weighted by molar-refractivity contribution is -0.121. The number of nitrogens with zero attached hydrogens (tertiary/aromatic N) is 1. The molecule has 0 spiro atoms. The second kappa shape index (κ2) is 9.18. The van der Waals surface area contributed by atoms with Gasteiger partial charge in [-0.1, -0.05) is 38.0 Å². The van der Waals surface area contributed by atoms with Crippen molar-refractivity contribution in [3.63, 3.8) is 0 Å². The monoisotopic (exact) mass is 317 g/mol. The van der Waals surface area contributed by atoms with E-state index in [-0.39, 0.29) is 17.9 Å². The van der Waals surface area contributed by atoms with E-state index in [9.17, 15) is 9.59 Å². The maximum atomic E-state index is 12.4. The number of nitrogens with one attached hydrogen (secondary N) is 2. The topological polar surface area (TPSA) is 61.4 Å². The Hall–Kier alpha value is -2.04. The maximum Gasteiger partial charge on any atom is 0.317 e. The Balaban J connectivity index is 1.80. The summed E-state index contributed by atoms with van der Waals surface area (Å²) in [5.74, 6) is -0.134. The van der Waals surface area contributed by atoms with Gasteiger partial charge >= 0.3 is 6.03 Å². The molecule has 1 aliphatic rings. The van der Waals surface area contributed by atoms with Gasteiger partial charge in [0.1, 0.15) is 0 Å². The number of hydrogen-bond donors (Lipinski definition) is 2. The van der Waals surface area contributed by atoms with Crippen molar-refractivity contribution in [3.05, 3.63) is 30.3 Å². The number of carbonyl (C=O) groups is 2. The van der Waals surface area contributed by atoms with Crippen LogP contribution >= 0.6 is 0 Å². The third-order valence-electron chi connectivity index (χ3n) is 4.18. The zero-order valence-corrected chi connectivity index (χ0v) is 13.9. The minimum Gasteiger partial charge on any atom is -0.338 e. The van der Waals surface area contributed by atoms with Crippen molar-refractivity contribution in [2.24, 2.45) is 5.92 Å². The molecular weight excluding hydrogens is 290 g/mol. The predicted octanol–water partition coefficient (Wildman–Crippen LogP) is 3.24. The number of hydrogen-bond acceptors (Lipinski definition) is 2. The van der Waals surface area contributed by atoms with Crippen LogP contribution in [0.15, 0.2) is 30.3 Å². The first-order chi connectivity index (χ1) is 11.2. The number of rotatable bonds is 6. The lowest BCUT2D eigenvalue weighted by Crippen LogP contribution is -2.48. The molecule has 2 N–H and O–H groups in total. The molecule has 0 radical (unpaired) electrons. The van der Waals surface area contributed by atoms with Crippen molar-refractivity contribution >= 4 is 17.6 Å². The highest BCUT2D eigenvalue weighted by molar-refractivity contribution is 5.93. The Kier molecular flexibility index (Phi) is 6.91. The van der Waals surface area contributed by atoms with Gasteiger partial charge in [-0.3, -0.25) is 4.79 Å². The van der Waals surface area contributed by atoms with Crippen LogP contribution in [-0.2, 0) is 4.79 Å². The average Bonchev–Trinajstić information content (AvgIpc) is 2.59. The summed E-state index contributed by atoms with van der Waals surface area (Å²) in [6, 6.07) is 9.41. The van der Waals surface area contributed by atoms with E-state index in [4.69, 9.17) is 0 Å². The molecular formula is C18H27N3O2. The molecule has 2 rings (SSSR count). The first-order valence-corrected chi connectivity index (χ1v) is 8.59. The van der Waals surface area contributed by atoms with Gasteiger partial charge in [0.15, 0.2) is 0 Å². The zero-order chi connectivity index (χ0) is 16.5. The Morgan fingerprint density at radius 3 is 2.74 bits per heavy atom. The highest BCUT2D eigenvalue weighted by Crippen LogP contribution is 2.18. The summed E-state index contributed by atoms with van der Waals surface area (Å²) in [6.45, 7) is 4.08. The van der Waals surface area contributed by atoms with Crippen LogP contribution in [0.2, 0.25) is 0 Å². The van der Waals surface area contributed by atoms with Crippen LogP contribution in [0.5, 0.6) is 0 Å². The summed E-state index contributed by atoms with van der Waals surface area (Å²) in [5, 5.41) is 5.89. The fraction of sp³-hybridized carbons (Fsp3) is 0.556. The van der Waals surface area contributed by atoms with E-state index in [1.54, 1.807) is 4.90 Å². The van der Waals surface area contributed by atoms with Crippen molar-refractivity contribution in [1.29, 1.82) is 0 Å². The summed E-state index contributed by atoms with van der Waals surface area (Å²) in [7, 11) is 0. The highest BCUT2D eigenvalue weighted by atomic mass is 16.2. The molecule has 0 aliphatic carbocycles. The van der Waals surface area contributed by atoms with Gasteiger partial charge in [-0.25, -0.2) is 4.79 Å². The Morgan fingerprint density at radius 2 is 2.00 bits per heavy atom. The van der Waals surface area contributed by atoms with Gasteiger partial charge < -0.3 is 15.5 Å². The van der Waals surface area contributed by atoms with Crippen LogP contribution in [0.25, 0.3) is 0 Å². The number of benzene rings is 1. The molecule has 5 heteroatoms. The lowest BCUT2D eigenvalue weighted by Gasteiger charge is -2.32. The average molecular weight is 317 g/mol. The quantitative estimate of drug-likeness (QED) is 0.791. The molecule has 1 atom stereocenters. The number of para-hydroxylation sites is 1. The van der Waals surface area contributed by atoms with E-state index in [0.29, 0.717) is 13.1 Å². The van der Waals surface area contributed by atoms with E-state index in [1.165, 1.54) is 0 Å². The summed E-state index contributed by atoms with van der Waals surface area (Å²) in [5.41, 5.74) is 0.804. The molecule has 1 unspecified atom stereocenters. The zero-order valence-electron chi connectivity index (χ0n) is 13.9. The van der Waals surface area contributed by atoms with Crippen LogP contribution in [0.4, 0.5) is 10.5 Å². The minimum atomic E-state index is -0.134. The van der Waals surface area contributed by atoms with Gasteiger partial charge in [0.05, 0.1) is 5.92 Å². The molecule has 1 heterocycles. The number of urea groups is 1. The predicted molar refractivity (Wildman–Crippen MR) is 92.3 cm³/mol. The highest BCUT2D eigenvalue weighted by Gasteiger charge is 2.28. The van der Waals surface area contributed by atoms with Gasteiger partial charge in [0.2, 0.25) is 5.91 Å². The van der Waals surface area contributed by atoms with Gasteiger partial charge in [-0.2, -0.15) is 0 Å². The minimum absolute atomic E-state index is 0.000294. The van der Waals surface area contributed by atoms with E-state index in [2.05, 4.69) is 17.6 Å². The standard InChI is InChI=1S/C18H27N3O2/c1-2-3-7-12-19-18(23)21-13-8-9-15(14-21)17(22)20-16-10-5-4-6-11-16/h4-6,10-11,15H,2-3,7-9,12-14H2,1H3,(H,19,23)(H,20,22). The number of piperidine rings is 1. The summed E-state index contributed by atoms with van der Waals surface area (Å²) in [4.78, 5) is 26.3. The molecule has 23 heavy (non-hydrogen) atoms. The Bertz CT molecular complexity index is 504. The SMILES string of the molecule is CCCCCNC(=O)N1CCCC(C(=O)Nc2ccccc2)C1. The number of amides is 3. The van der Waals surface area contributed by atoms with Crippen molar-refractivity contribution in [3.8, 4) is 0 Å². The maximum absolute atomic E-state index is 12.4. The third-order valence-corrected chi connectivity index (χ3v) is 4.18. The normalized spacial score (nSPS) is 17.6. The molecule has 0 saturated carbocycles. The second-order valence-electron chi connectivity index (χ2n) is 6.08. The smallest absolute Gasteiger partial charge is 0.317 e. The van der Waals surface area contributed by atoms with Gasteiger partial charge in [-0.05, 0) is 31.4 Å². The molecule has 1 aromatic rings. The van der Waals surface area contributed by atoms with Crippen molar-refractivity contribution in [2.75, 3.05) is 25.0 Å². The first-order valence-electron chi connectivity index (χ1n) is 8.59. The van der Waals surface area contributed by atoms with E-state index < -0.39 is 0 Å². The fourth-order valence-electron chi connectivity index (χ4n) is 2.82. The molecule has 1 saturated heterocycles. The molecule has 3 amide bonds. The molecule has 1 aromatic carbocycles. The molecule has 1 fully saturated rings. The second-order valence-corrected chi connectivity index (χ2v) is 6.08. The third kappa shape index (κ3) is 5.58.